The predicted octanol–water partition coefficient (Wildman–Crippen LogP) is 4.49. The lowest BCUT2D eigenvalue weighted by molar-refractivity contribution is -0.158. The fourth-order valence-electron chi connectivity index (χ4n) is 5.79. The smallest absolute Gasteiger partial charge is 0.246 e. The molecular weight excluding hydrogens is 450 g/mol. The highest BCUT2D eigenvalue weighted by atomic mass is 16.5. The summed E-state index contributed by atoms with van der Waals surface area (Å²) < 4.78 is 5.49. The van der Waals surface area contributed by atoms with Gasteiger partial charge in [0.15, 0.2) is 0 Å². The Labute approximate surface area is 210 Å². The zero-order valence-corrected chi connectivity index (χ0v) is 20.3. The third-order valence-corrected chi connectivity index (χ3v) is 7.49. The molecule has 1 N–H and O–H groups in total. The van der Waals surface area contributed by atoms with Crippen LogP contribution in [0.4, 0.5) is 0 Å². The number of H-pyrrole nitrogens is 1. The van der Waals surface area contributed by atoms with E-state index in [1.165, 1.54) is 5.56 Å². The molecule has 6 heteroatoms. The predicted molar refractivity (Wildman–Crippen MR) is 139 cm³/mol. The molecule has 0 unspecified atom stereocenters. The minimum atomic E-state index is -0.522. The maximum atomic E-state index is 13.8. The normalized spacial score (nSPS) is 19.4. The maximum Gasteiger partial charge on any atom is 0.246 e. The summed E-state index contributed by atoms with van der Waals surface area (Å²) in [7, 11) is 1.64. The van der Waals surface area contributed by atoms with Crippen molar-refractivity contribution in [1.82, 2.24) is 14.8 Å². The van der Waals surface area contributed by atoms with E-state index in [0.717, 1.165) is 46.3 Å². The molecule has 0 radical (unpaired) electrons. The van der Waals surface area contributed by atoms with Crippen molar-refractivity contribution in [2.75, 3.05) is 20.2 Å². The lowest BCUT2D eigenvalue weighted by Gasteiger charge is -2.47. The molecule has 3 heterocycles. The van der Waals surface area contributed by atoms with Gasteiger partial charge < -0.3 is 19.5 Å². The minimum Gasteiger partial charge on any atom is -0.497 e. The van der Waals surface area contributed by atoms with E-state index in [4.69, 9.17) is 4.74 Å². The number of aromatic nitrogens is 1. The molecular formula is C30H29N3O3. The second kappa shape index (κ2) is 9.19. The van der Waals surface area contributed by atoms with Gasteiger partial charge in [-0.15, -0.1) is 0 Å². The summed E-state index contributed by atoms with van der Waals surface area (Å²) in [6.45, 7) is 0.689. The number of hydrogen-bond acceptors (Lipinski definition) is 3. The van der Waals surface area contributed by atoms with Crippen LogP contribution in [0.3, 0.4) is 0 Å². The van der Waals surface area contributed by atoms with Gasteiger partial charge in [-0.2, -0.15) is 0 Å². The van der Waals surface area contributed by atoms with Crippen molar-refractivity contribution in [3.8, 4) is 5.75 Å². The van der Waals surface area contributed by atoms with Crippen LogP contribution in [-0.4, -0.2) is 52.8 Å². The molecule has 0 spiro atoms. The first kappa shape index (κ1) is 22.4. The molecule has 1 saturated heterocycles. The number of carbonyl (C=O) groups is 2. The molecule has 1 aromatic heterocycles. The third kappa shape index (κ3) is 3.83. The van der Waals surface area contributed by atoms with E-state index >= 15 is 0 Å². The lowest BCUT2D eigenvalue weighted by atomic mass is 9.86. The number of benzene rings is 3. The van der Waals surface area contributed by atoms with Crippen molar-refractivity contribution in [3.63, 3.8) is 0 Å². The van der Waals surface area contributed by atoms with Crippen LogP contribution in [0.1, 0.15) is 34.8 Å². The Bertz CT molecular complexity index is 1430. The molecule has 0 saturated carbocycles. The summed E-state index contributed by atoms with van der Waals surface area (Å²) in [6, 6.07) is 25.3. The summed E-state index contributed by atoms with van der Waals surface area (Å²) in [5.41, 5.74) is 5.31. The molecule has 6 rings (SSSR count). The highest BCUT2D eigenvalue weighted by molar-refractivity contribution is 5.97. The molecule has 36 heavy (non-hydrogen) atoms. The molecule has 2 aliphatic heterocycles. The van der Waals surface area contributed by atoms with Crippen molar-refractivity contribution in [1.29, 1.82) is 0 Å². The monoisotopic (exact) mass is 479 g/mol. The highest BCUT2D eigenvalue weighted by Crippen LogP contribution is 2.43. The lowest BCUT2D eigenvalue weighted by Crippen LogP contribution is -2.63. The number of methoxy groups -OCH3 is 1. The van der Waals surface area contributed by atoms with Crippen molar-refractivity contribution in [2.45, 2.75) is 31.3 Å². The number of hydrogen-bond donors (Lipinski definition) is 1. The number of fused-ring (bicyclic) bond motifs is 4. The molecule has 1 fully saturated rings. The number of nitrogens with zero attached hydrogens (tertiary/aromatic N) is 2. The van der Waals surface area contributed by atoms with Crippen LogP contribution in [0, 0.1) is 0 Å². The zero-order valence-electron chi connectivity index (χ0n) is 20.3. The van der Waals surface area contributed by atoms with Crippen LogP contribution in [0.5, 0.6) is 5.75 Å². The molecule has 182 valence electrons. The van der Waals surface area contributed by atoms with Crippen LogP contribution in [0.25, 0.3) is 10.9 Å². The van der Waals surface area contributed by atoms with Crippen LogP contribution in [0.2, 0.25) is 0 Å². The van der Waals surface area contributed by atoms with E-state index in [1.54, 1.807) is 12.0 Å². The van der Waals surface area contributed by atoms with Crippen LogP contribution >= 0.6 is 0 Å². The number of rotatable bonds is 6. The second-order valence-electron chi connectivity index (χ2n) is 9.61. The van der Waals surface area contributed by atoms with Gasteiger partial charge in [0.2, 0.25) is 11.8 Å². The Hall–Kier alpha value is -4.06. The van der Waals surface area contributed by atoms with E-state index in [-0.39, 0.29) is 24.4 Å². The molecule has 2 amide bonds. The van der Waals surface area contributed by atoms with Crippen LogP contribution in [-0.2, 0) is 22.4 Å². The molecule has 2 atom stereocenters. The molecule has 0 bridgehead atoms. The van der Waals surface area contributed by atoms with E-state index < -0.39 is 6.04 Å². The molecule has 6 nitrogen and oxygen atoms in total. The number of nitrogens with one attached hydrogen (secondary N) is 1. The number of piperazine rings is 1. The first-order chi connectivity index (χ1) is 17.6. The SMILES string of the molecule is COc1cccc([C@@H]2c3[nH]c4ccccc4c3C[C@H]3C(=O)N(CCCc4ccccc4)CC(=O)N23)c1. The number of ether oxygens (including phenoxy) is 1. The first-order valence-corrected chi connectivity index (χ1v) is 12.5. The van der Waals surface area contributed by atoms with Crippen LogP contribution in [0.15, 0.2) is 78.9 Å². The number of aryl methyl sites for hydroxylation is 1. The fourth-order valence-corrected chi connectivity index (χ4v) is 5.79. The topological polar surface area (TPSA) is 65.6 Å². The average Bonchev–Trinajstić information content (AvgIpc) is 3.29. The summed E-state index contributed by atoms with van der Waals surface area (Å²) in [4.78, 5) is 34.6. The van der Waals surface area contributed by atoms with Gasteiger partial charge in [0.25, 0.3) is 0 Å². The van der Waals surface area contributed by atoms with Gasteiger partial charge in [-0.3, -0.25) is 9.59 Å². The highest BCUT2D eigenvalue weighted by Gasteiger charge is 2.48. The second-order valence-corrected chi connectivity index (χ2v) is 9.61. The van der Waals surface area contributed by atoms with Crippen molar-refractivity contribution >= 4 is 22.7 Å². The first-order valence-electron chi connectivity index (χ1n) is 12.5. The Morgan fingerprint density at radius 1 is 0.972 bits per heavy atom. The number of aromatic amines is 1. The summed E-state index contributed by atoms with van der Waals surface area (Å²) in [5, 5.41) is 1.11. The Kier molecular flexibility index (Phi) is 5.72. The largest absolute Gasteiger partial charge is 0.497 e. The summed E-state index contributed by atoms with van der Waals surface area (Å²) in [5.74, 6) is 0.744. The van der Waals surface area contributed by atoms with Crippen LogP contribution < -0.4 is 4.74 Å². The molecule has 3 aromatic carbocycles. The fraction of sp³-hybridized carbons (Fsp3) is 0.267. The van der Waals surface area contributed by atoms with Crippen molar-refractivity contribution in [3.05, 3.63) is 101 Å². The van der Waals surface area contributed by atoms with Gasteiger partial charge in [0.05, 0.1) is 19.7 Å². The van der Waals surface area contributed by atoms with Gasteiger partial charge in [0, 0.05) is 29.6 Å². The van der Waals surface area contributed by atoms with Gasteiger partial charge in [-0.1, -0.05) is 60.7 Å². The van der Waals surface area contributed by atoms with Crippen molar-refractivity contribution in [2.24, 2.45) is 0 Å². The van der Waals surface area contributed by atoms with E-state index in [0.29, 0.717) is 13.0 Å². The standard InChI is InChI=1S/C30H29N3O3/c1-36-22-13-7-12-21(17-22)29-28-24(23-14-5-6-15-25(23)31-28)18-26-30(35)32(19-27(34)33(26)29)16-8-11-20-9-3-2-4-10-20/h2-7,9-10,12-15,17,26,29,31H,8,11,16,18-19H2,1H3/t26-,29+/m0/s1. The summed E-state index contributed by atoms with van der Waals surface area (Å²) >= 11 is 0. The van der Waals surface area contributed by atoms with E-state index in [1.807, 2.05) is 59.5 Å². The van der Waals surface area contributed by atoms with Gasteiger partial charge >= 0.3 is 0 Å². The zero-order chi connectivity index (χ0) is 24.6. The average molecular weight is 480 g/mol. The molecule has 2 aliphatic rings. The molecule has 4 aromatic rings. The minimum absolute atomic E-state index is 0.0172. The Morgan fingerprint density at radius 3 is 2.61 bits per heavy atom. The Morgan fingerprint density at radius 2 is 1.78 bits per heavy atom. The van der Waals surface area contributed by atoms with Gasteiger partial charge in [-0.25, -0.2) is 0 Å². The van der Waals surface area contributed by atoms with Crippen molar-refractivity contribution < 1.29 is 14.3 Å². The third-order valence-electron chi connectivity index (χ3n) is 7.49. The quantitative estimate of drug-likeness (QED) is 0.443. The number of amides is 2. The molecule has 0 aliphatic carbocycles. The van der Waals surface area contributed by atoms with Gasteiger partial charge in [0.1, 0.15) is 11.8 Å². The summed E-state index contributed by atoms with van der Waals surface area (Å²) in [6.07, 6.45) is 2.22. The van der Waals surface area contributed by atoms with E-state index in [2.05, 4.69) is 29.2 Å². The Balaban J connectivity index is 1.35. The van der Waals surface area contributed by atoms with Gasteiger partial charge in [-0.05, 0) is 47.7 Å². The van der Waals surface area contributed by atoms with E-state index in [9.17, 15) is 9.59 Å². The number of para-hydroxylation sites is 1. The maximum absolute atomic E-state index is 13.8. The number of carbonyl (C=O) groups excluding carboxylic acids is 2.